The fraction of sp³-hybridized carbons (Fsp3) is 0.652. The third-order valence-electron chi connectivity index (χ3n) is 17.8. The summed E-state index contributed by atoms with van der Waals surface area (Å²) in [6.45, 7) is 9.56. The van der Waals surface area contributed by atoms with Gasteiger partial charge in [-0.3, -0.25) is 48.2 Å². The maximum Gasteiger partial charge on any atom is 0.330 e. The van der Waals surface area contributed by atoms with Crippen LogP contribution in [0.15, 0.2) is 53.2 Å². The lowest BCUT2D eigenvalue weighted by atomic mass is 9.48. The first-order chi connectivity index (χ1) is 47.4. The van der Waals surface area contributed by atoms with Gasteiger partial charge in [-0.05, 0) is 150 Å². The van der Waals surface area contributed by atoms with Crippen LogP contribution >= 0.6 is 0 Å². The van der Waals surface area contributed by atoms with Gasteiger partial charge in [-0.2, -0.15) is 0 Å². The lowest BCUT2D eigenvalue weighted by Gasteiger charge is -2.59. The molecule has 4 saturated carbocycles. The minimum Gasteiger partial charge on any atom is -0.496 e. The van der Waals surface area contributed by atoms with Crippen LogP contribution in [-0.2, 0) is 52.6 Å². The van der Waals surface area contributed by atoms with Gasteiger partial charge in [-0.15, -0.1) is 0 Å². The molecule has 6 rings (SSSR count). The minimum atomic E-state index is -1.42. The lowest BCUT2D eigenvalue weighted by molar-refractivity contribution is -0.167. The summed E-state index contributed by atoms with van der Waals surface area (Å²) in [6, 6.07) is 10.5. The number of hydrogen-bond acceptors (Lipinski definition) is 21. The number of allylic oxidation sites excluding steroid dienone is 1. The average molecular weight is 1390 g/mol. The average Bonchev–Trinajstić information content (AvgIpc) is 0.721. The lowest BCUT2D eigenvalue weighted by Crippen LogP contribution is -2.70. The Hall–Kier alpha value is -7.84. The molecule has 0 aliphatic heterocycles. The largest absolute Gasteiger partial charge is 0.496 e. The third kappa shape index (κ3) is 28.4. The van der Waals surface area contributed by atoms with E-state index in [1.54, 1.807) is 45.0 Å². The topological polar surface area (TPSA) is 404 Å². The van der Waals surface area contributed by atoms with Crippen LogP contribution in [0.25, 0.3) is 0 Å². The monoisotopic (exact) mass is 1390 g/mol. The molecule has 5 amide bonds. The Morgan fingerprint density at radius 3 is 1.61 bits per heavy atom. The zero-order valence-electron chi connectivity index (χ0n) is 58.6. The Bertz CT molecular complexity index is 2970. The summed E-state index contributed by atoms with van der Waals surface area (Å²) in [6.07, 6.45) is 7.84. The minimum absolute atomic E-state index is 0.00550. The molecule has 4 fully saturated rings. The van der Waals surface area contributed by atoms with E-state index in [1.165, 1.54) is 20.3 Å². The number of hydrogen-bond donors (Lipinski definition) is 11. The Kier molecular flexibility index (Phi) is 36.1. The van der Waals surface area contributed by atoms with Crippen LogP contribution in [0, 0.1) is 23.7 Å². The summed E-state index contributed by atoms with van der Waals surface area (Å²) >= 11 is 0. The molecule has 0 aromatic heterocycles. The fourth-order valence-corrected chi connectivity index (χ4v) is 13.1. The summed E-state index contributed by atoms with van der Waals surface area (Å²) in [5, 5.41) is 55.3. The predicted molar refractivity (Wildman–Crippen MR) is 369 cm³/mol. The number of carbonyl (C=O) groups is 9. The van der Waals surface area contributed by atoms with Crippen LogP contribution in [0.5, 0.6) is 11.5 Å². The van der Waals surface area contributed by atoms with E-state index in [0.29, 0.717) is 145 Å². The summed E-state index contributed by atoms with van der Waals surface area (Å²) in [5.41, 5.74) is 7.30. The van der Waals surface area contributed by atoms with Crippen LogP contribution < -0.4 is 47.1 Å². The molecule has 552 valence electrons. The Morgan fingerprint density at radius 2 is 1.11 bits per heavy atom. The van der Waals surface area contributed by atoms with E-state index in [-0.39, 0.29) is 125 Å². The highest BCUT2D eigenvalue weighted by Gasteiger charge is 2.62. The predicted octanol–water partition coefficient (Wildman–Crippen LogP) is 1.97. The van der Waals surface area contributed by atoms with Gasteiger partial charge < -0.3 is 91.5 Å². The number of carbonyl (C=O) groups excluding carboxylic acids is 5. The highest BCUT2D eigenvalue weighted by Crippen LogP contribution is 2.58. The maximum absolute atomic E-state index is 14.5. The standard InChI is InChI=1S/C69H108N12O18/c1-47(2)53-41-50(14-15-55(53)76-56(65-57(95-5)12-7-13-58(65)96-6)42-54(70)66(91)77-69(68(93)94)51-37-48-36-49(39-51)40-52(69)38-48)67(92)81(25-11-23-78(3)4)24-8-18-73-59(82)16-17-60(83)74-19-9-30-97-32-34-99-35-33-98-31-10-20-75-61(84)43-71-21-26-79(45-63(87)88)28-29-80(46-64(89)90)27-22-72-44-62(85)86/h7,12-15,41-42,47-49,51-52,71-72H,8-11,16-40,43-46,70H2,1-6H3,(H,73,82)(H,74,83)(H,75,84)(H,77,91)(H,85,86)(H,87,88)(H,89,90)(H,93,94). The van der Waals surface area contributed by atoms with Gasteiger partial charge in [0.15, 0.2) is 0 Å². The van der Waals surface area contributed by atoms with Crippen molar-refractivity contribution < 1.29 is 87.3 Å². The van der Waals surface area contributed by atoms with Gasteiger partial charge in [0.1, 0.15) is 17.0 Å². The molecule has 30 nitrogen and oxygen atoms in total. The van der Waals surface area contributed by atoms with E-state index in [2.05, 4.69) is 31.9 Å². The highest BCUT2D eigenvalue weighted by atomic mass is 16.5. The molecule has 2 aromatic carbocycles. The van der Waals surface area contributed by atoms with E-state index in [0.717, 1.165) is 44.2 Å². The summed E-state index contributed by atoms with van der Waals surface area (Å²) in [4.78, 5) is 125. The SMILES string of the molecule is COc1cccc(OC)c1C(C=C(N)C(=O)NC1(C(=O)O)C2CC3CC(C2)CC1C3)=Nc1ccc(C(=O)N(CCCNC(=O)CCC(=O)NCCCOCCOCCOCCCNC(=O)CNCCN(CCN(CCNCC(=O)O)CC(=O)O)CC(=O)O)CCCN(C)C)cc1C(C)C. The molecule has 0 heterocycles. The van der Waals surface area contributed by atoms with Crippen molar-refractivity contribution in [3.8, 4) is 11.5 Å². The molecular formula is C69H108N12O18. The third-order valence-corrected chi connectivity index (χ3v) is 17.8. The molecule has 0 spiro atoms. The van der Waals surface area contributed by atoms with E-state index in [9.17, 15) is 58.5 Å². The summed E-state index contributed by atoms with van der Waals surface area (Å²) in [7, 11) is 6.94. The van der Waals surface area contributed by atoms with Crippen molar-refractivity contribution in [2.75, 3.05) is 173 Å². The zero-order valence-corrected chi connectivity index (χ0v) is 58.6. The highest BCUT2D eigenvalue weighted by molar-refractivity contribution is 6.16. The van der Waals surface area contributed by atoms with E-state index < -0.39 is 35.3 Å². The summed E-state index contributed by atoms with van der Waals surface area (Å²) < 4.78 is 28.3. The number of ether oxygens (including phenoxy) is 5. The second-order valence-electron chi connectivity index (χ2n) is 26.0. The first-order valence-corrected chi connectivity index (χ1v) is 34.4. The van der Waals surface area contributed by atoms with E-state index in [1.807, 2.05) is 38.9 Å². The number of nitrogens with two attached hydrogens (primary N) is 1. The molecule has 0 unspecified atom stereocenters. The van der Waals surface area contributed by atoms with Crippen molar-refractivity contribution in [1.29, 1.82) is 0 Å². The second kappa shape index (κ2) is 43.6. The molecule has 30 heteroatoms. The number of carboxylic acids is 4. The van der Waals surface area contributed by atoms with Gasteiger partial charge in [0.2, 0.25) is 17.7 Å². The quantitative estimate of drug-likeness (QED) is 0.0256. The Morgan fingerprint density at radius 1 is 0.606 bits per heavy atom. The molecule has 4 bridgehead atoms. The normalized spacial score (nSPS) is 18.0. The van der Waals surface area contributed by atoms with Gasteiger partial charge in [-0.1, -0.05) is 19.9 Å². The number of benzene rings is 2. The van der Waals surface area contributed by atoms with Crippen LogP contribution in [0.1, 0.15) is 112 Å². The Balaban J connectivity index is 0.972. The molecule has 4 aliphatic carbocycles. The molecule has 12 N–H and O–H groups in total. The molecule has 0 atom stereocenters. The van der Waals surface area contributed by atoms with Crippen molar-refractivity contribution >= 4 is 64.8 Å². The maximum atomic E-state index is 14.5. The van der Waals surface area contributed by atoms with Crippen molar-refractivity contribution in [3.05, 3.63) is 64.9 Å². The molecule has 0 radical (unpaired) electrons. The van der Waals surface area contributed by atoms with Crippen LogP contribution in [-0.4, -0.2) is 277 Å². The van der Waals surface area contributed by atoms with Crippen molar-refractivity contribution in [3.63, 3.8) is 0 Å². The van der Waals surface area contributed by atoms with Crippen LogP contribution in [0.3, 0.4) is 0 Å². The van der Waals surface area contributed by atoms with E-state index >= 15 is 0 Å². The number of methoxy groups -OCH3 is 2. The van der Waals surface area contributed by atoms with Gasteiger partial charge in [0.25, 0.3) is 11.8 Å². The summed E-state index contributed by atoms with van der Waals surface area (Å²) in [5.74, 6) is -4.68. The molecular weight excluding hydrogens is 1280 g/mol. The van der Waals surface area contributed by atoms with Crippen molar-refractivity contribution in [2.24, 2.45) is 34.4 Å². The number of aliphatic carboxylic acids is 4. The molecule has 99 heavy (non-hydrogen) atoms. The number of aliphatic imine (C=N–C) groups is 1. The van der Waals surface area contributed by atoms with Gasteiger partial charge in [0.05, 0.1) is 89.5 Å². The molecule has 0 saturated heterocycles. The van der Waals surface area contributed by atoms with Crippen molar-refractivity contribution in [2.45, 2.75) is 95.9 Å². The first-order valence-electron chi connectivity index (χ1n) is 34.4. The van der Waals surface area contributed by atoms with E-state index in [4.69, 9.17) is 39.5 Å². The molecule has 4 aliphatic rings. The number of amides is 5. The fourth-order valence-electron chi connectivity index (χ4n) is 13.1. The van der Waals surface area contributed by atoms with Gasteiger partial charge in [-0.25, -0.2) is 9.79 Å². The Labute approximate surface area is 580 Å². The van der Waals surface area contributed by atoms with Gasteiger partial charge >= 0.3 is 23.9 Å². The second-order valence-corrected chi connectivity index (χ2v) is 26.0. The molecule has 2 aromatic rings. The number of carboxylic acid groups (broad SMARTS) is 4. The van der Waals surface area contributed by atoms with Crippen molar-refractivity contribution in [1.82, 2.24) is 51.5 Å². The number of nitrogens with zero attached hydrogens (tertiary/aromatic N) is 5. The smallest absolute Gasteiger partial charge is 0.330 e. The van der Waals surface area contributed by atoms with Crippen LogP contribution in [0.2, 0.25) is 0 Å². The zero-order chi connectivity index (χ0) is 72.3. The van der Waals surface area contributed by atoms with Gasteiger partial charge in [0, 0.05) is 104 Å². The first kappa shape index (κ1) is 81.8. The van der Waals surface area contributed by atoms with Crippen LogP contribution in [0.4, 0.5) is 5.69 Å². The number of rotatable bonds is 52. The number of nitrogens with one attached hydrogen (secondary N) is 6.